The van der Waals surface area contributed by atoms with Crippen LogP contribution in [0.2, 0.25) is 0 Å². The van der Waals surface area contributed by atoms with Crippen molar-refractivity contribution < 1.29 is 9.18 Å². The lowest BCUT2D eigenvalue weighted by atomic mass is 10.0. The first kappa shape index (κ1) is 15.6. The summed E-state index contributed by atoms with van der Waals surface area (Å²) < 4.78 is 13.0. The zero-order chi connectivity index (χ0) is 16.2. The van der Waals surface area contributed by atoms with Crippen LogP contribution in [0.3, 0.4) is 0 Å². The highest BCUT2D eigenvalue weighted by Crippen LogP contribution is 2.22. The molecule has 2 atom stereocenters. The number of benzene rings is 2. The third-order valence-corrected chi connectivity index (χ3v) is 4.08. The SMILES string of the molecule is Cc1ccc(CNC(=O)C2CC(c3ccc(F)cc3)NN2)cc1. The van der Waals surface area contributed by atoms with Crippen LogP contribution in [0.5, 0.6) is 0 Å². The van der Waals surface area contributed by atoms with Gasteiger partial charge in [0.1, 0.15) is 11.9 Å². The smallest absolute Gasteiger partial charge is 0.238 e. The Morgan fingerprint density at radius 2 is 1.83 bits per heavy atom. The zero-order valence-corrected chi connectivity index (χ0v) is 13.0. The van der Waals surface area contributed by atoms with Gasteiger partial charge in [0.05, 0.1) is 0 Å². The molecule has 1 saturated heterocycles. The van der Waals surface area contributed by atoms with E-state index in [1.165, 1.54) is 17.7 Å². The third kappa shape index (κ3) is 3.94. The highest BCUT2D eigenvalue weighted by molar-refractivity contribution is 5.82. The number of carbonyl (C=O) groups is 1. The molecule has 1 fully saturated rings. The Balaban J connectivity index is 1.53. The molecule has 2 aromatic rings. The van der Waals surface area contributed by atoms with Gasteiger partial charge in [0.25, 0.3) is 0 Å². The molecule has 4 nitrogen and oxygen atoms in total. The molecule has 1 aliphatic heterocycles. The lowest BCUT2D eigenvalue weighted by molar-refractivity contribution is -0.123. The van der Waals surface area contributed by atoms with Gasteiger partial charge >= 0.3 is 0 Å². The number of hydrazine groups is 1. The summed E-state index contributed by atoms with van der Waals surface area (Å²) in [5, 5.41) is 2.94. The maximum absolute atomic E-state index is 13.0. The minimum atomic E-state index is -0.296. The van der Waals surface area contributed by atoms with E-state index in [1.54, 1.807) is 12.1 Å². The summed E-state index contributed by atoms with van der Waals surface area (Å²) in [6, 6.07) is 14.1. The molecule has 0 aromatic heterocycles. The number of hydrogen-bond acceptors (Lipinski definition) is 3. The Morgan fingerprint density at radius 1 is 1.13 bits per heavy atom. The van der Waals surface area contributed by atoms with Crippen molar-refractivity contribution in [3.63, 3.8) is 0 Å². The van der Waals surface area contributed by atoms with Crippen molar-refractivity contribution in [2.45, 2.75) is 32.0 Å². The van der Waals surface area contributed by atoms with E-state index in [1.807, 2.05) is 31.2 Å². The van der Waals surface area contributed by atoms with Crippen LogP contribution in [0.4, 0.5) is 4.39 Å². The van der Waals surface area contributed by atoms with Crippen molar-refractivity contribution in [1.29, 1.82) is 0 Å². The first-order chi connectivity index (χ1) is 11.1. The number of nitrogens with one attached hydrogen (secondary N) is 3. The average molecular weight is 313 g/mol. The standard InChI is InChI=1S/C18H20FN3O/c1-12-2-4-13(5-3-12)11-20-18(23)17-10-16(21-22-17)14-6-8-15(19)9-7-14/h2-9,16-17,21-22H,10-11H2,1H3,(H,20,23). The highest BCUT2D eigenvalue weighted by atomic mass is 19.1. The number of rotatable bonds is 4. The molecule has 0 radical (unpaired) electrons. The number of aryl methyl sites for hydroxylation is 1. The van der Waals surface area contributed by atoms with Crippen molar-refractivity contribution in [2.75, 3.05) is 0 Å². The van der Waals surface area contributed by atoms with Crippen molar-refractivity contribution in [3.8, 4) is 0 Å². The molecule has 1 heterocycles. The molecule has 1 amide bonds. The van der Waals surface area contributed by atoms with E-state index in [9.17, 15) is 9.18 Å². The van der Waals surface area contributed by atoms with Crippen LogP contribution in [-0.4, -0.2) is 11.9 Å². The minimum absolute atomic E-state index is 0.00530. The molecular weight excluding hydrogens is 293 g/mol. The molecule has 3 rings (SSSR count). The summed E-state index contributed by atoms with van der Waals surface area (Å²) in [5.74, 6) is -0.296. The van der Waals surface area contributed by atoms with E-state index in [4.69, 9.17) is 0 Å². The van der Waals surface area contributed by atoms with Crippen molar-refractivity contribution >= 4 is 5.91 Å². The first-order valence-electron chi connectivity index (χ1n) is 7.71. The number of halogens is 1. The van der Waals surface area contributed by atoms with E-state index in [0.717, 1.165) is 11.1 Å². The van der Waals surface area contributed by atoms with E-state index in [0.29, 0.717) is 13.0 Å². The molecule has 0 saturated carbocycles. The molecule has 1 aliphatic rings. The summed E-state index contributed by atoms with van der Waals surface area (Å²) in [7, 11) is 0. The fourth-order valence-corrected chi connectivity index (χ4v) is 2.66. The van der Waals surface area contributed by atoms with E-state index < -0.39 is 0 Å². The predicted molar refractivity (Wildman–Crippen MR) is 86.8 cm³/mol. The summed E-state index contributed by atoms with van der Waals surface area (Å²) in [5.41, 5.74) is 9.34. The van der Waals surface area contributed by atoms with Gasteiger partial charge in [0.2, 0.25) is 5.91 Å². The number of carbonyl (C=O) groups excluding carboxylic acids is 1. The van der Waals surface area contributed by atoms with Gasteiger partial charge in [-0.1, -0.05) is 42.0 Å². The number of amides is 1. The molecule has 3 N–H and O–H groups in total. The van der Waals surface area contributed by atoms with E-state index >= 15 is 0 Å². The Bertz CT molecular complexity index is 670. The summed E-state index contributed by atoms with van der Waals surface area (Å²) in [4.78, 5) is 12.2. The van der Waals surface area contributed by atoms with Gasteiger partial charge in [-0.15, -0.1) is 0 Å². The van der Waals surface area contributed by atoms with Gasteiger partial charge in [-0.25, -0.2) is 15.2 Å². The molecule has 0 spiro atoms. The quantitative estimate of drug-likeness (QED) is 0.812. The van der Waals surface area contributed by atoms with Gasteiger partial charge in [-0.3, -0.25) is 4.79 Å². The maximum atomic E-state index is 13.0. The van der Waals surface area contributed by atoms with Crippen LogP contribution in [0, 0.1) is 12.7 Å². The second-order valence-electron chi connectivity index (χ2n) is 5.88. The highest BCUT2D eigenvalue weighted by Gasteiger charge is 2.29. The molecule has 0 aliphatic carbocycles. The Hall–Kier alpha value is -2.24. The maximum Gasteiger partial charge on any atom is 0.238 e. The van der Waals surface area contributed by atoms with Gasteiger partial charge in [0, 0.05) is 12.6 Å². The van der Waals surface area contributed by atoms with Crippen LogP contribution in [0.1, 0.15) is 29.2 Å². The molecule has 2 aromatic carbocycles. The first-order valence-corrected chi connectivity index (χ1v) is 7.71. The molecule has 23 heavy (non-hydrogen) atoms. The summed E-state index contributed by atoms with van der Waals surface area (Å²) in [6.45, 7) is 2.55. The van der Waals surface area contributed by atoms with Gasteiger partial charge in [0.15, 0.2) is 0 Å². The normalized spacial score (nSPS) is 20.4. The van der Waals surface area contributed by atoms with Gasteiger partial charge in [-0.05, 0) is 36.6 Å². The lowest BCUT2D eigenvalue weighted by Gasteiger charge is -2.11. The fourth-order valence-electron chi connectivity index (χ4n) is 2.66. The summed E-state index contributed by atoms with van der Waals surface area (Å²) >= 11 is 0. The lowest BCUT2D eigenvalue weighted by Crippen LogP contribution is -2.42. The molecule has 5 heteroatoms. The molecule has 0 bridgehead atoms. The van der Waals surface area contributed by atoms with Crippen LogP contribution < -0.4 is 16.2 Å². The second-order valence-corrected chi connectivity index (χ2v) is 5.88. The third-order valence-electron chi connectivity index (χ3n) is 4.08. The van der Waals surface area contributed by atoms with Gasteiger partial charge < -0.3 is 5.32 Å². The Kier molecular flexibility index (Phi) is 4.69. The molecule has 2 unspecified atom stereocenters. The van der Waals surface area contributed by atoms with Crippen LogP contribution in [0.25, 0.3) is 0 Å². The molecule has 120 valence electrons. The second kappa shape index (κ2) is 6.89. The predicted octanol–water partition coefficient (Wildman–Crippen LogP) is 2.36. The topological polar surface area (TPSA) is 53.2 Å². The van der Waals surface area contributed by atoms with Crippen molar-refractivity contribution in [3.05, 3.63) is 71.0 Å². The minimum Gasteiger partial charge on any atom is -0.351 e. The summed E-state index contributed by atoms with van der Waals surface area (Å²) in [6.07, 6.45) is 0.630. The van der Waals surface area contributed by atoms with Crippen LogP contribution in [-0.2, 0) is 11.3 Å². The zero-order valence-electron chi connectivity index (χ0n) is 13.0. The number of hydrogen-bond donors (Lipinski definition) is 3. The Morgan fingerprint density at radius 3 is 2.52 bits per heavy atom. The fraction of sp³-hybridized carbons (Fsp3) is 0.278. The van der Waals surface area contributed by atoms with E-state index in [-0.39, 0.29) is 23.8 Å². The van der Waals surface area contributed by atoms with Crippen LogP contribution in [0.15, 0.2) is 48.5 Å². The van der Waals surface area contributed by atoms with Crippen molar-refractivity contribution in [1.82, 2.24) is 16.2 Å². The van der Waals surface area contributed by atoms with Gasteiger partial charge in [-0.2, -0.15) is 0 Å². The van der Waals surface area contributed by atoms with Crippen molar-refractivity contribution in [2.24, 2.45) is 0 Å². The van der Waals surface area contributed by atoms with Crippen LogP contribution >= 0.6 is 0 Å². The monoisotopic (exact) mass is 313 g/mol. The Labute approximate surface area is 135 Å². The average Bonchev–Trinajstić information content (AvgIpc) is 3.05. The van der Waals surface area contributed by atoms with E-state index in [2.05, 4.69) is 16.2 Å². The molecular formula is C18H20FN3O. The largest absolute Gasteiger partial charge is 0.351 e.